The van der Waals surface area contributed by atoms with Crippen molar-refractivity contribution >= 4 is 28.8 Å². The molecule has 4 aromatic heterocycles. The molecule has 0 unspecified atom stereocenters. The first kappa shape index (κ1) is 28.5. The molecular formula is C31H34N8O3S. The van der Waals surface area contributed by atoms with Gasteiger partial charge < -0.3 is 19.1 Å². The van der Waals surface area contributed by atoms with Crippen LogP contribution in [0.25, 0.3) is 17.0 Å². The monoisotopic (exact) mass is 598 g/mol. The fourth-order valence-electron chi connectivity index (χ4n) is 5.36. The number of amides is 2. The smallest absolute Gasteiger partial charge is 0.274 e. The largest absolute Gasteiger partial charge is 0.492 e. The highest BCUT2D eigenvalue weighted by molar-refractivity contribution is 7.09. The average molecular weight is 599 g/mol. The van der Waals surface area contributed by atoms with E-state index >= 15 is 0 Å². The number of aryl methyl sites for hydroxylation is 2. The van der Waals surface area contributed by atoms with Gasteiger partial charge in [-0.1, -0.05) is 12.1 Å². The molecule has 1 aliphatic rings. The van der Waals surface area contributed by atoms with E-state index in [2.05, 4.69) is 24.6 Å². The van der Waals surface area contributed by atoms with Gasteiger partial charge >= 0.3 is 0 Å². The lowest BCUT2D eigenvalue weighted by Crippen LogP contribution is -2.37. The van der Waals surface area contributed by atoms with E-state index in [1.54, 1.807) is 45.4 Å². The van der Waals surface area contributed by atoms with Gasteiger partial charge in [0.1, 0.15) is 18.2 Å². The number of thiazole rings is 1. The molecule has 1 aromatic carbocycles. The number of aromatic nitrogens is 6. The van der Waals surface area contributed by atoms with Crippen molar-refractivity contribution in [2.75, 3.05) is 32.8 Å². The molecule has 0 radical (unpaired) electrons. The Hall–Kier alpha value is -4.58. The second-order valence-electron chi connectivity index (χ2n) is 10.5. The van der Waals surface area contributed by atoms with Crippen molar-refractivity contribution in [1.29, 1.82) is 0 Å². The topological polar surface area (TPSA) is 111 Å². The number of benzene rings is 1. The van der Waals surface area contributed by atoms with Crippen LogP contribution in [-0.4, -0.2) is 83.5 Å². The van der Waals surface area contributed by atoms with Crippen LogP contribution in [0.3, 0.4) is 0 Å². The van der Waals surface area contributed by atoms with E-state index in [9.17, 15) is 9.59 Å². The Bertz CT molecular complexity index is 1710. The van der Waals surface area contributed by atoms with Gasteiger partial charge in [0.2, 0.25) is 5.91 Å². The van der Waals surface area contributed by atoms with Crippen LogP contribution in [0.1, 0.15) is 40.5 Å². The van der Waals surface area contributed by atoms with Crippen LogP contribution < -0.4 is 4.74 Å². The third-order valence-electron chi connectivity index (χ3n) is 7.51. The summed E-state index contributed by atoms with van der Waals surface area (Å²) in [4.78, 5) is 44.3. The van der Waals surface area contributed by atoms with Crippen LogP contribution >= 0.6 is 11.3 Å². The van der Waals surface area contributed by atoms with Gasteiger partial charge in [0, 0.05) is 55.7 Å². The van der Waals surface area contributed by atoms with Crippen molar-refractivity contribution in [3.63, 3.8) is 0 Å². The summed E-state index contributed by atoms with van der Waals surface area (Å²) in [5.74, 6) is 1.48. The van der Waals surface area contributed by atoms with Gasteiger partial charge in [-0.2, -0.15) is 5.10 Å². The zero-order valence-corrected chi connectivity index (χ0v) is 24.9. The van der Waals surface area contributed by atoms with Gasteiger partial charge in [0.15, 0.2) is 11.3 Å². The molecule has 0 atom stereocenters. The molecule has 6 rings (SSSR count). The Labute approximate surface area is 253 Å². The second kappa shape index (κ2) is 13.2. The molecule has 2 amide bonds. The molecule has 5 aromatic rings. The van der Waals surface area contributed by atoms with Crippen molar-refractivity contribution in [2.24, 2.45) is 0 Å². The van der Waals surface area contributed by atoms with Crippen molar-refractivity contribution in [3.8, 4) is 17.1 Å². The highest BCUT2D eigenvalue weighted by Crippen LogP contribution is 2.23. The summed E-state index contributed by atoms with van der Waals surface area (Å²) in [6, 6.07) is 11.5. The fourth-order valence-corrected chi connectivity index (χ4v) is 5.97. The van der Waals surface area contributed by atoms with E-state index in [-0.39, 0.29) is 18.2 Å². The van der Waals surface area contributed by atoms with Crippen LogP contribution in [0.15, 0.2) is 66.6 Å². The highest BCUT2D eigenvalue weighted by Gasteiger charge is 2.22. The molecule has 0 N–H and O–H groups in total. The van der Waals surface area contributed by atoms with E-state index in [1.165, 1.54) is 0 Å². The maximum atomic E-state index is 13.7. The number of imidazole rings is 2. The molecule has 11 nitrogen and oxygen atoms in total. The molecule has 0 saturated carbocycles. The Morgan fingerprint density at radius 1 is 0.953 bits per heavy atom. The molecule has 1 aliphatic heterocycles. The first-order valence-electron chi connectivity index (χ1n) is 14.6. The summed E-state index contributed by atoms with van der Waals surface area (Å²) in [6.45, 7) is 5.15. The minimum absolute atomic E-state index is 0.0694. The highest BCUT2D eigenvalue weighted by atomic mass is 32.1. The predicted octanol–water partition coefficient (Wildman–Crippen LogP) is 4.13. The van der Waals surface area contributed by atoms with Gasteiger partial charge in [-0.15, -0.1) is 11.3 Å². The number of carbonyl (C=O) groups is 2. The number of ether oxygens (including phenoxy) is 1. The Balaban J connectivity index is 1.23. The van der Waals surface area contributed by atoms with E-state index in [4.69, 9.17) is 4.74 Å². The normalized spacial score (nSPS) is 15.1. The van der Waals surface area contributed by atoms with Gasteiger partial charge in [0.25, 0.3) is 5.91 Å². The lowest BCUT2D eigenvalue weighted by Gasteiger charge is -2.25. The maximum Gasteiger partial charge on any atom is 0.274 e. The molecule has 5 heterocycles. The number of carbonyl (C=O) groups excluding carboxylic acids is 2. The molecule has 0 fully saturated rings. The quantitative estimate of drug-likeness (QED) is 0.307. The number of hydrogen-bond donors (Lipinski definition) is 0. The van der Waals surface area contributed by atoms with Gasteiger partial charge in [-0.05, 0) is 50.5 Å². The zero-order chi connectivity index (χ0) is 29.6. The van der Waals surface area contributed by atoms with Gasteiger partial charge in [0.05, 0.1) is 29.9 Å². The van der Waals surface area contributed by atoms with Gasteiger partial charge in [-0.25, -0.2) is 19.5 Å². The number of rotatable bonds is 3. The number of hydrogen-bond acceptors (Lipinski definition) is 8. The number of nitrogens with zero attached hydrogens (tertiary/aromatic N) is 8. The van der Waals surface area contributed by atoms with E-state index in [1.807, 2.05) is 53.7 Å². The van der Waals surface area contributed by atoms with Crippen molar-refractivity contribution < 1.29 is 14.3 Å². The van der Waals surface area contributed by atoms with E-state index < -0.39 is 0 Å². The lowest BCUT2D eigenvalue weighted by atomic mass is 10.2. The molecule has 222 valence electrons. The summed E-state index contributed by atoms with van der Waals surface area (Å²) >= 11 is 1.56. The summed E-state index contributed by atoms with van der Waals surface area (Å²) in [7, 11) is 0. The Morgan fingerprint density at radius 3 is 2.67 bits per heavy atom. The Kier molecular flexibility index (Phi) is 8.73. The summed E-state index contributed by atoms with van der Waals surface area (Å²) in [5, 5.41) is 7.24. The number of fused-ring (bicyclic) bond motifs is 5. The first-order chi connectivity index (χ1) is 21.0. The fraction of sp³-hybridized carbons (Fsp3) is 0.355. The molecule has 0 aliphatic carbocycles. The minimum atomic E-state index is -0.157. The van der Waals surface area contributed by atoms with E-state index in [0.29, 0.717) is 49.9 Å². The zero-order valence-electron chi connectivity index (χ0n) is 24.1. The van der Waals surface area contributed by atoms with Crippen LogP contribution in [0, 0.1) is 6.92 Å². The summed E-state index contributed by atoms with van der Waals surface area (Å²) < 4.78 is 9.81. The van der Waals surface area contributed by atoms with Crippen LogP contribution in [0.5, 0.6) is 5.75 Å². The summed E-state index contributed by atoms with van der Waals surface area (Å²) in [6.07, 6.45) is 9.55. The predicted molar refractivity (Wildman–Crippen MR) is 163 cm³/mol. The standard InChI is InChI=1S/C31H34N8O3S/c1-23-35-25(22-43-23)20-29(40)36-12-2-3-13-38(31(41)27-21-33-28-9-5-10-34-39(27)28)17-18-42-26-8-4-7-24(19-26)30-32-11-16-37(30)15-6-14-36/h4-5,7-11,16,19,21-22H,2-3,6,12-15,17-18,20H2,1H3. The lowest BCUT2D eigenvalue weighted by molar-refractivity contribution is -0.130. The third kappa shape index (κ3) is 6.75. The molecule has 0 spiro atoms. The third-order valence-corrected chi connectivity index (χ3v) is 8.33. The molecule has 12 heteroatoms. The van der Waals surface area contributed by atoms with E-state index in [0.717, 1.165) is 47.9 Å². The van der Waals surface area contributed by atoms with Gasteiger partial charge in [-0.3, -0.25) is 9.59 Å². The van der Waals surface area contributed by atoms with Crippen molar-refractivity contribution in [1.82, 2.24) is 38.9 Å². The van der Waals surface area contributed by atoms with Crippen LogP contribution in [0.4, 0.5) is 0 Å². The molecular weight excluding hydrogens is 564 g/mol. The maximum absolute atomic E-state index is 13.7. The first-order valence-corrected chi connectivity index (χ1v) is 15.4. The summed E-state index contributed by atoms with van der Waals surface area (Å²) in [5.41, 5.74) is 2.78. The Morgan fingerprint density at radius 2 is 1.81 bits per heavy atom. The van der Waals surface area contributed by atoms with Crippen molar-refractivity contribution in [3.05, 3.63) is 83.0 Å². The van der Waals surface area contributed by atoms with Crippen LogP contribution in [-0.2, 0) is 17.8 Å². The average Bonchev–Trinajstić information content (AvgIpc) is 3.76. The molecule has 2 bridgehead atoms. The minimum Gasteiger partial charge on any atom is -0.492 e. The van der Waals surface area contributed by atoms with Crippen molar-refractivity contribution in [2.45, 2.75) is 39.2 Å². The SMILES string of the molecule is Cc1nc(CC(=O)N2CCCCN(C(=O)c3cnc4cccnn34)CCOc3cccc(c3)-c3nccn3CCC2)cs1. The van der Waals surface area contributed by atoms with Crippen LogP contribution in [0.2, 0.25) is 0 Å². The molecule has 43 heavy (non-hydrogen) atoms. The second-order valence-corrected chi connectivity index (χ2v) is 11.6. The molecule has 0 saturated heterocycles.